The molecule has 102 valence electrons. The van der Waals surface area contributed by atoms with Crippen molar-refractivity contribution in [2.45, 2.75) is 25.9 Å². The van der Waals surface area contributed by atoms with E-state index in [1.807, 2.05) is 31.2 Å². The third-order valence-corrected chi connectivity index (χ3v) is 3.85. The van der Waals surface area contributed by atoms with Crippen molar-refractivity contribution < 1.29 is 4.79 Å². The molecule has 0 heterocycles. The summed E-state index contributed by atoms with van der Waals surface area (Å²) in [5, 5.41) is 2.84. The lowest BCUT2D eigenvalue weighted by atomic mass is 10.0. The quantitative estimate of drug-likeness (QED) is 0.716. The minimum absolute atomic E-state index is 0.0796. The Balaban J connectivity index is 1.99. The number of rotatable bonds is 3. The Morgan fingerprint density at radius 2 is 1.95 bits per heavy atom. The van der Waals surface area contributed by atoms with Crippen molar-refractivity contribution in [2.24, 2.45) is 5.73 Å². The number of benzene rings is 2. The summed E-state index contributed by atoms with van der Waals surface area (Å²) in [4.78, 5) is 12.3. The average Bonchev–Trinajstić information content (AvgIpc) is 2.85. The molecule has 1 unspecified atom stereocenters. The van der Waals surface area contributed by atoms with Crippen molar-refractivity contribution in [3.8, 4) is 11.1 Å². The van der Waals surface area contributed by atoms with Crippen molar-refractivity contribution in [3.63, 3.8) is 0 Å². The zero-order valence-electron chi connectivity index (χ0n) is 11.5. The fraction of sp³-hybridized carbons (Fsp3) is 0.235. The van der Waals surface area contributed by atoms with Gasteiger partial charge in [-0.05, 0) is 41.2 Å². The predicted molar refractivity (Wildman–Crippen MR) is 80.4 cm³/mol. The molecule has 1 aliphatic rings. The van der Waals surface area contributed by atoms with Crippen molar-refractivity contribution >= 4 is 5.91 Å². The van der Waals surface area contributed by atoms with Gasteiger partial charge in [0, 0.05) is 5.56 Å². The van der Waals surface area contributed by atoms with Gasteiger partial charge in [-0.1, -0.05) is 43.3 Å². The Morgan fingerprint density at radius 1 is 1.20 bits per heavy atom. The van der Waals surface area contributed by atoms with Crippen LogP contribution < -0.4 is 11.1 Å². The molecular formula is C17H18N2O. The average molecular weight is 266 g/mol. The Hall–Kier alpha value is -2.13. The van der Waals surface area contributed by atoms with Gasteiger partial charge in [-0.25, -0.2) is 0 Å². The number of carbonyl (C=O) groups is 1. The highest BCUT2D eigenvalue weighted by Gasteiger charge is 2.23. The fourth-order valence-corrected chi connectivity index (χ4v) is 2.72. The lowest BCUT2D eigenvalue weighted by molar-refractivity contribution is 0.0936. The van der Waals surface area contributed by atoms with Crippen LogP contribution in [0.1, 0.15) is 34.8 Å². The normalized spacial score (nSPS) is 13.5. The summed E-state index contributed by atoms with van der Waals surface area (Å²) >= 11 is 0. The minimum atomic E-state index is -0.290. The number of nitrogens with one attached hydrogen (secondary N) is 1. The molecule has 0 aromatic heterocycles. The first kappa shape index (κ1) is 12.9. The third kappa shape index (κ3) is 2.10. The summed E-state index contributed by atoms with van der Waals surface area (Å²) in [6.07, 6.45) is 1.25. The molecule has 0 bridgehead atoms. The summed E-state index contributed by atoms with van der Waals surface area (Å²) in [6, 6.07) is 14.2. The van der Waals surface area contributed by atoms with E-state index < -0.39 is 0 Å². The molecule has 1 aliphatic carbocycles. The predicted octanol–water partition coefficient (Wildman–Crippen LogP) is 2.68. The molecule has 1 atom stereocenters. The van der Waals surface area contributed by atoms with Crippen molar-refractivity contribution in [1.29, 1.82) is 0 Å². The second-order valence-electron chi connectivity index (χ2n) is 5.15. The van der Waals surface area contributed by atoms with Crippen LogP contribution >= 0.6 is 0 Å². The van der Waals surface area contributed by atoms with Crippen LogP contribution in [0.2, 0.25) is 0 Å². The van der Waals surface area contributed by atoms with Gasteiger partial charge in [0.25, 0.3) is 5.91 Å². The first-order chi connectivity index (χ1) is 9.70. The zero-order valence-corrected chi connectivity index (χ0v) is 11.5. The molecule has 0 fully saturated rings. The molecule has 3 N–H and O–H groups in total. The van der Waals surface area contributed by atoms with E-state index in [1.54, 1.807) is 0 Å². The van der Waals surface area contributed by atoms with Gasteiger partial charge in [0.05, 0.1) is 6.17 Å². The van der Waals surface area contributed by atoms with E-state index in [9.17, 15) is 4.79 Å². The highest BCUT2D eigenvalue weighted by molar-refractivity contribution is 5.99. The molecule has 3 nitrogen and oxygen atoms in total. The number of hydrogen-bond acceptors (Lipinski definition) is 2. The number of amides is 1. The van der Waals surface area contributed by atoms with Gasteiger partial charge in [-0.15, -0.1) is 0 Å². The summed E-state index contributed by atoms with van der Waals surface area (Å²) in [7, 11) is 0. The topological polar surface area (TPSA) is 55.1 Å². The van der Waals surface area contributed by atoms with Gasteiger partial charge in [0.1, 0.15) is 0 Å². The molecule has 1 amide bonds. The largest absolute Gasteiger partial charge is 0.337 e. The van der Waals surface area contributed by atoms with Gasteiger partial charge >= 0.3 is 0 Å². The maximum Gasteiger partial charge on any atom is 0.252 e. The van der Waals surface area contributed by atoms with Crippen LogP contribution in [-0.2, 0) is 6.42 Å². The van der Waals surface area contributed by atoms with E-state index in [2.05, 4.69) is 23.5 Å². The van der Waals surface area contributed by atoms with Crippen LogP contribution in [0, 0.1) is 0 Å². The lowest BCUT2D eigenvalue weighted by Gasteiger charge is -2.13. The number of nitrogens with two attached hydrogens (primary N) is 1. The monoisotopic (exact) mass is 266 g/mol. The van der Waals surface area contributed by atoms with Crippen LogP contribution in [0.5, 0.6) is 0 Å². The highest BCUT2D eigenvalue weighted by Crippen LogP contribution is 2.37. The molecule has 20 heavy (non-hydrogen) atoms. The van der Waals surface area contributed by atoms with Gasteiger partial charge < -0.3 is 11.1 Å². The zero-order chi connectivity index (χ0) is 14.1. The van der Waals surface area contributed by atoms with E-state index >= 15 is 0 Å². The van der Waals surface area contributed by atoms with Gasteiger partial charge in [-0.2, -0.15) is 0 Å². The Labute approximate surface area is 118 Å². The van der Waals surface area contributed by atoms with Gasteiger partial charge in [0.2, 0.25) is 0 Å². The molecule has 2 aromatic carbocycles. The molecule has 0 radical (unpaired) electrons. The molecule has 2 aromatic rings. The van der Waals surface area contributed by atoms with Gasteiger partial charge in [0.15, 0.2) is 0 Å². The lowest BCUT2D eigenvalue weighted by Crippen LogP contribution is -2.41. The minimum Gasteiger partial charge on any atom is -0.337 e. The Morgan fingerprint density at radius 3 is 2.75 bits per heavy atom. The second kappa shape index (κ2) is 5.10. The molecule has 0 spiro atoms. The van der Waals surface area contributed by atoms with Crippen molar-refractivity contribution in [2.75, 3.05) is 0 Å². The Bertz CT molecular complexity index is 664. The van der Waals surface area contributed by atoms with Crippen LogP contribution in [0.15, 0.2) is 42.5 Å². The summed E-state index contributed by atoms with van der Waals surface area (Å²) in [5.74, 6) is -0.0796. The van der Waals surface area contributed by atoms with E-state index in [0.717, 1.165) is 24.0 Å². The maximum atomic E-state index is 12.3. The smallest absolute Gasteiger partial charge is 0.252 e. The number of carbonyl (C=O) groups excluding carboxylic acids is 1. The molecule has 3 rings (SSSR count). The van der Waals surface area contributed by atoms with Crippen molar-refractivity contribution in [1.82, 2.24) is 5.32 Å². The molecule has 0 aliphatic heterocycles. The number of fused-ring (bicyclic) bond motifs is 3. The van der Waals surface area contributed by atoms with Crippen LogP contribution in [0.25, 0.3) is 11.1 Å². The van der Waals surface area contributed by atoms with E-state index in [1.165, 1.54) is 16.7 Å². The van der Waals surface area contributed by atoms with E-state index in [4.69, 9.17) is 5.73 Å². The van der Waals surface area contributed by atoms with Gasteiger partial charge in [-0.3, -0.25) is 4.79 Å². The fourth-order valence-electron chi connectivity index (χ4n) is 2.72. The van der Waals surface area contributed by atoms with E-state index in [0.29, 0.717) is 0 Å². The Kier molecular flexibility index (Phi) is 3.28. The van der Waals surface area contributed by atoms with Crippen molar-refractivity contribution in [3.05, 3.63) is 59.2 Å². The summed E-state index contributed by atoms with van der Waals surface area (Å²) < 4.78 is 0. The van der Waals surface area contributed by atoms with E-state index in [-0.39, 0.29) is 12.1 Å². The molecule has 0 saturated carbocycles. The first-order valence-corrected chi connectivity index (χ1v) is 6.97. The van der Waals surface area contributed by atoms with Crippen LogP contribution in [0.3, 0.4) is 0 Å². The molecule has 3 heteroatoms. The molecular weight excluding hydrogens is 248 g/mol. The first-order valence-electron chi connectivity index (χ1n) is 6.97. The molecule has 0 saturated heterocycles. The highest BCUT2D eigenvalue weighted by atomic mass is 16.1. The maximum absolute atomic E-state index is 12.3. The third-order valence-electron chi connectivity index (χ3n) is 3.85. The standard InChI is InChI=1S/C17H18N2O/c1-2-16(18)19-17(20)14-9-5-8-13-12-7-4-3-6-11(12)10-15(13)14/h3-9,16H,2,10,18H2,1H3,(H,19,20). The summed E-state index contributed by atoms with van der Waals surface area (Å²) in [6.45, 7) is 1.95. The summed E-state index contributed by atoms with van der Waals surface area (Å²) in [5.41, 5.74) is 11.3. The SMILES string of the molecule is CCC(N)NC(=O)c1cccc2c1Cc1ccccc1-2. The number of hydrogen-bond donors (Lipinski definition) is 2. The van der Waals surface area contributed by atoms with Crippen LogP contribution in [0.4, 0.5) is 0 Å². The van der Waals surface area contributed by atoms with Crippen LogP contribution in [-0.4, -0.2) is 12.1 Å². The second-order valence-corrected chi connectivity index (χ2v) is 5.15.